The van der Waals surface area contributed by atoms with Crippen molar-refractivity contribution < 1.29 is 0 Å². The molecular weight excluding hydrogens is 411 g/mol. The van der Waals surface area contributed by atoms with Crippen molar-refractivity contribution >= 4 is 29.8 Å². The van der Waals surface area contributed by atoms with E-state index in [0.29, 0.717) is 8.58 Å². The number of alkyl halides is 1. The predicted molar refractivity (Wildman–Crippen MR) is 131 cm³/mol. The van der Waals surface area contributed by atoms with Gasteiger partial charge in [0, 0.05) is 8.58 Å². The van der Waals surface area contributed by atoms with Gasteiger partial charge in [-0.05, 0) is 41.9 Å². The van der Waals surface area contributed by atoms with E-state index in [-0.39, 0.29) is 0 Å². The molecule has 0 radical (unpaired) electrons. The van der Waals surface area contributed by atoms with Gasteiger partial charge in [-0.1, -0.05) is 115 Å². The number of rotatable bonds is 7. The quantitative estimate of drug-likeness (QED) is 0.205. The molecule has 144 valence electrons. The third-order valence-corrected chi connectivity index (χ3v) is 5.63. The van der Waals surface area contributed by atoms with Crippen LogP contribution in [0.1, 0.15) is 37.3 Å². The molecule has 2 heteroatoms. The topological polar surface area (TPSA) is 0 Å². The standard InChI is InChI=1S/C13H12.C11H17P.CH3Br/c1-3-7-12(8-4-1)11-13-9-5-2-6-10-13;1-2-3-7-10-12-11-8-5-4-6-9-11;1-2/h1-10H,11H2;4-6,8-9,12H,2-3,7,10H2,1H3;1H3/p+1. The van der Waals surface area contributed by atoms with Crippen molar-refractivity contribution in [1.29, 1.82) is 0 Å². The average Bonchev–Trinajstić information content (AvgIpc) is 2.75. The summed E-state index contributed by atoms with van der Waals surface area (Å²) in [5.41, 5.74) is 2.74. The molecule has 0 aliphatic carbocycles. The lowest BCUT2D eigenvalue weighted by atomic mass is 10.1. The lowest BCUT2D eigenvalue weighted by molar-refractivity contribution is 0.778. The van der Waals surface area contributed by atoms with Crippen molar-refractivity contribution in [3.63, 3.8) is 0 Å². The van der Waals surface area contributed by atoms with E-state index in [1.807, 2.05) is 5.83 Å². The fourth-order valence-corrected chi connectivity index (χ4v) is 4.00. The van der Waals surface area contributed by atoms with Gasteiger partial charge in [-0.3, -0.25) is 0 Å². The molecule has 0 aliphatic heterocycles. The molecule has 3 aromatic carbocycles. The number of hydrogen-bond donors (Lipinski definition) is 0. The number of hydrogen-bond acceptors (Lipinski definition) is 0. The van der Waals surface area contributed by atoms with Crippen LogP contribution >= 0.6 is 24.5 Å². The molecule has 0 saturated heterocycles. The van der Waals surface area contributed by atoms with Crippen LogP contribution in [0.2, 0.25) is 0 Å². The highest BCUT2D eigenvalue weighted by atomic mass is 79.9. The van der Waals surface area contributed by atoms with Crippen LogP contribution in [-0.4, -0.2) is 12.0 Å². The Kier molecular flexibility index (Phi) is 14.6. The maximum absolute atomic E-state index is 2.94. The predicted octanol–water partition coefficient (Wildman–Crippen LogP) is 7.20. The van der Waals surface area contributed by atoms with Crippen molar-refractivity contribution in [1.82, 2.24) is 0 Å². The molecule has 3 aromatic rings. The first-order valence-electron chi connectivity index (χ1n) is 9.72. The van der Waals surface area contributed by atoms with Crippen molar-refractivity contribution in [2.75, 3.05) is 12.0 Å². The summed E-state index contributed by atoms with van der Waals surface area (Å²) in [5.74, 6) is 1.81. The summed E-state index contributed by atoms with van der Waals surface area (Å²) in [6.45, 7) is 2.26. The van der Waals surface area contributed by atoms with E-state index in [1.54, 1.807) is 5.30 Å². The highest BCUT2D eigenvalue weighted by Gasteiger charge is 1.97. The second kappa shape index (κ2) is 16.7. The third kappa shape index (κ3) is 11.8. The highest BCUT2D eigenvalue weighted by molar-refractivity contribution is 9.08. The minimum atomic E-state index is 0.541. The molecule has 1 atom stereocenters. The number of halogens is 1. The van der Waals surface area contributed by atoms with Gasteiger partial charge in [-0.15, -0.1) is 0 Å². The monoisotopic (exact) mass is 443 g/mol. The summed E-state index contributed by atoms with van der Waals surface area (Å²) in [5, 5.41) is 1.56. The largest absolute Gasteiger partial charge is 0.0966 e. The lowest BCUT2D eigenvalue weighted by Gasteiger charge is -2.00. The molecule has 0 saturated carbocycles. The SMILES string of the molecule is CBr.CCCCC[PH2+]c1ccccc1.c1ccc(Cc2ccccc2)cc1. The minimum Gasteiger partial charge on any atom is -0.0966 e. The first kappa shape index (κ1) is 23.6. The lowest BCUT2D eigenvalue weighted by Crippen LogP contribution is -1.93. The Morgan fingerprint density at radius 1 is 0.630 bits per heavy atom. The normalized spacial score (nSPS) is 9.89. The van der Waals surface area contributed by atoms with Crippen LogP contribution in [0.25, 0.3) is 0 Å². The molecule has 0 nitrogen and oxygen atoms in total. The number of benzene rings is 3. The van der Waals surface area contributed by atoms with Crippen molar-refractivity contribution in [3.8, 4) is 0 Å². The molecule has 1 unspecified atom stereocenters. The Bertz CT molecular complexity index is 631. The van der Waals surface area contributed by atoms with Gasteiger partial charge >= 0.3 is 0 Å². The van der Waals surface area contributed by atoms with E-state index in [0.717, 1.165) is 6.42 Å². The second-order valence-electron chi connectivity index (χ2n) is 6.26. The molecule has 0 fully saturated rings. The van der Waals surface area contributed by atoms with Crippen LogP contribution in [0.5, 0.6) is 0 Å². The van der Waals surface area contributed by atoms with Crippen LogP contribution < -0.4 is 5.30 Å². The van der Waals surface area contributed by atoms with E-state index < -0.39 is 0 Å². The van der Waals surface area contributed by atoms with E-state index in [2.05, 4.69) is 114 Å². The van der Waals surface area contributed by atoms with Gasteiger partial charge < -0.3 is 0 Å². The van der Waals surface area contributed by atoms with Crippen LogP contribution in [0.4, 0.5) is 0 Å². The fraction of sp³-hybridized carbons (Fsp3) is 0.280. The number of unbranched alkanes of at least 4 members (excludes halogenated alkanes) is 2. The van der Waals surface area contributed by atoms with Crippen molar-refractivity contribution in [3.05, 3.63) is 102 Å². The van der Waals surface area contributed by atoms with E-state index in [1.165, 1.54) is 36.6 Å². The zero-order valence-corrected chi connectivity index (χ0v) is 19.4. The second-order valence-corrected chi connectivity index (χ2v) is 7.91. The molecule has 0 amide bonds. The molecule has 0 heterocycles. The van der Waals surface area contributed by atoms with Crippen molar-refractivity contribution in [2.45, 2.75) is 32.6 Å². The van der Waals surface area contributed by atoms with Gasteiger partial charge in [0.2, 0.25) is 0 Å². The Morgan fingerprint density at radius 2 is 1.07 bits per heavy atom. The summed E-state index contributed by atoms with van der Waals surface area (Å²) < 4.78 is 0. The molecular formula is C25H33BrP+. The molecule has 0 N–H and O–H groups in total. The first-order valence-corrected chi connectivity index (χ1v) is 12.7. The maximum atomic E-state index is 2.94. The Morgan fingerprint density at radius 3 is 1.52 bits per heavy atom. The zero-order chi connectivity index (χ0) is 19.6. The molecule has 0 aliphatic rings. The maximum Gasteiger partial charge on any atom is 0.0889 e. The molecule has 0 bridgehead atoms. The van der Waals surface area contributed by atoms with Gasteiger partial charge in [0.05, 0.1) is 11.5 Å². The van der Waals surface area contributed by atoms with Gasteiger partial charge in [0.15, 0.2) is 0 Å². The summed E-state index contributed by atoms with van der Waals surface area (Å²) in [6, 6.07) is 31.9. The zero-order valence-electron chi connectivity index (χ0n) is 16.7. The fourth-order valence-electron chi connectivity index (χ4n) is 2.68. The van der Waals surface area contributed by atoms with Crippen molar-refractivity contribution in [2.24, 2.45) is 0 Å². The van der Waals surface area contributed by atoms with Crippen LogP contribution in [0.3, 0.4) is 0 Å². The van der Waals surface area contributed by atoms with Crippen LogP contribution in [0, 0.1) is 0 Å². The van der Waals surface area contributed by atoms with Crippen LogP contribution in [0.15, 0.2) is 91.0 Å². The summed E-state index contributed by atoms with van der Waals surface area (Å²) in [4.78, 5) is 0. The van der Waals surface area contributed by atoms with Gasteiger partial charge in [0.1, 0.15) is 0 Å². The summed E-state index contributed by atoms with van der Waals surface area (Å²) in [6.07, 6.45) is 6.62. The Labute approximate surface area is 176 Å². The van der Waals surface area contributed by atoms with Crippen LogP contribution in [-0.2, 0) is 6.42 Å². The third-order valence-electron chi connectivity index (χ3n) is 4.08. The van der Waals surface area contributed by atoms with Gasteiger partial charge in [-0.2, -0.15) is 0 Å². The smallest absolute Gasteiger partial charge is 0.0889 e. The first-order chi connectivity index (χ1) is 13.4. The minimum absolute atomic E-state index is 0.541. The summed E-state index contributed by atoms with van der Waals surface area (Å²) in [7, 11) is 0.541. The van der Waals surface area contributed by atoms with Gasteiger partial charge in [0.25, 0.3) is 0 Å². The van der Waals surface area contributed by atoms with E-state index in [9.17, 15) is 0 Å². The molecule has 3 rings (SSSR count). The summed E-state index contributed by atoms with van der Waals surface area (Å²) >= 11 is 2.94. The van der Waals surface area contributed by atoms with E-state index >= 15 is 0 Å². The Hall–Kier alpha value is -1.43. The molecule has 27 heavy (non-hydrogen) atoms. The molecule has 0 spiro atoms. The molecule has 0 aromatic heterocycles. The van der Waals surface area contributed by atoms with Gasteiger partial charge in [-0.25, -0.2) is 0 Å². The van der Waals surface area contributed by atoms with E-state index in [4.69, 9.17) is 0 Å². The highest BCUT2D eigenvalue weighted by Crippen LogP contribution is 2.12. The Balaban J connectivity index is 0.000000248. The average molecular weight is 444 g/mol.